The maximum absolute atomic E-state index is 12.4. The van der Waals surface area contributed by atoms with Crippen LogP contribution in [0.5, 0.6) is 5.75 Å². The van der Waals surface area contributed by atoms with Gasteiger partial charge < -0.3 is 14.6 Å². The molecule has 0 aliphatic heterocycles. The molecule has 0 spiro atoms. The third-order valence-electron chi connectivity index (χ3n) is 5.10. The molecule has 1 unspecified atom stereocenters. The third-order valence-corrected chi connectivity index (χ3v) is 6.60. The first-order chi connectivity index (χ1) is 14.1. The highest BCUT2D eigenvalue weighted by Crippen LogP contribution is 2.25. The van der Waals surface area contributed by atoms with Crippen molar-refractivity contribution in [2.75, 3.05) is 5.75 Å². The monoisotopic (exact) mass is 480 g/mol. The zero-order chi connectivity index (χ0) is 20.6. The van der Waals surface area contributed by atoms with Gasteiger partial charge in [-0.3, -0.25) is 4.79 Å². The maximum Gasteiger partial charge on any atom is 0.230 e. The second kappa shape index (κ2) is 11.0. The summed E-state index contributed by atoms with van der Waals surface area (Å²) in [6.07, 6.45) is 6.93. The summed E-state index contributed by atoms with van der Waals surface area (Å²) in [4.78, 5) is 12.4. The van der Waals surface area contributed by atoms with E-state index >= 15 is 0 Å². The highest BCUT2D eigenvalue weighted by Gasteiger charge is 2.20. The van der Waals surface area contributed by atoms with Crippen LogP contribution in [0.4, 0.5) is 0 Å². The fourth-order valence-electron chi connectivity index (χ4n) is 3.60. The molecule has 1 heterocycles. The van der Waals surface area contributed by atoms with Crippen molar-refractivity contribution in [3.8, 4) is 5.75 Å². The molecule has 0 radical (unpaired) electrons. The normalized spacial score (nSPS) is 16.2. The van der Waals surface area contributed by atoms with Gasteiger partial charge in [0.2, 0.25) is 5.91 Å². The zero-order valence-electron chi connectivity index (χ0n) is 17.1. The molecule has 1 atom stereocenters. The highest BCUT2D eigenvalue weighted by atomic mass is 79.9. The first-order valence-electron chi connectivity index (χ1n) is 10.3. The Bertz CT molecular complexity index is 788. The molecule has 0 saturated heterocycles. The SMILES string of the molecule is CCn1c(SCC(=O)NC2CCCCCC2)nnc1C(C)Oc1ccc(Br)cc1. The molecule has 1 amide bonds. The average Bonchev–Trinajstić information content (AvgIpc) is 2.96. The molecule has 6 nitrogen and oxygen atoms in total. The van der Waals surface area contributed by atoms with Crippen molar-refractivity contribution in [2.24, 2.45) is 0 Å². The minimum Gasteiger partial charge on any atom is -0.483 e. The number of hydrogen-bond acceptors (Lipinski definition) is 5. The number of hydrogen-bond donors (Lipinski definition) is 1. The Morgan fingerprint density at radius 1 is 1.24 bits per heavy atom. The fraction of sp³-hybridized carbons (Fsp3) is 0.571. The summed E-state index contributed by atoms with van der Waals surface area (Å²) in [5, 5.41) is 12.6. The molecule has 0 bridgehead atoms. The van der Waals surface area contributed by atoms with E-state index in [1.165, 1.54) is 37.4 Å². The lowest BCUT2D eigenvalue weighted by Gasteiger charge is -2.17. The van der Waals surface area contributed by atoms with Gasteiger partial charge in [-0.25, -0.2) is 0 Å². The molecular formula is C21H29BrN4O2S. The molecule has 1 aromatic carbocycles. The number of aromatic nitrogens is 3. The van der Waals surface area contributed by atoms with E-state index in [1.54, 1.807) is 0 Å². The Labute approximate surface area is 185 Å². The van der Waals surface area contributed by atoms with Crippen LogP contribution in [-0.2, 0) is 11.3 Å². The van der Waals surface area contributed by atoms with Crippen molar-refractivity contribution >= 4 is 33.6 Å². The number of thioether (sulfide) groups is 1. The number of benzene rings is 1. The Morgan fingerprint density at radius 2 is 1.93 bits per heavy atom. The van der Waals surface area contributed by atoms with E-state index in [2.05, 4.69) is 38.4 Å². The summed E-state index contributed by atoms with van der Waals surface area (Å²) in [6, 6.07) is 8.05. The van der Waals surface area contributed by atoms with Gasteiger partial charge in [0.1, 0.15) is 5.75 Å². The minimum atomic E-state index is -0.238. The number of nitrogens with one attached hydrogen (secondary N) is 1. The van der Waals surface area contributed by atoms with Crippen LogP contribution < -0.4 is 10.1 Å². The number of halogens is 1. The summed E-state index contributed by atoms with van der Waals surface area (Å²) in [5.41, 5.74) is 0. The van der Waals surface area contributed by atoms with Crippen LogP contribution in [0.3, 0.4) is 0 Å². The van der Waals surface area contributed by atoms with E-state index in [-0.39, 0.29) is 12.0 Å². The maximum atomic E-state index is 12.4. The number of nitrogens with zero attached hydrogens (tertiary/aromatic N) is 3. The van der Waals surface area contributed by atoms with E-state index in [0.717, 1.165) is 40.6 Å². The predicted molar refractivity (Wildman–Crippen MR) is 119 cm³/mol. The van der Waals surface area contributed by atoms with E-state index in [4.69, 9.17) is 4.74 Å². The van der Waals surface area contributed by atoms with Gasteiger partial charge in [-0.15, -0.1) is 10.2 Å². The standard InChI is InChI=1S/C21H29BrN4O2S/c1-3-26-20(15(2)28-18-12-10-16(22)11-13-18)24-25-21(26)29-14-19(27)23-17-8-6-4-5-7-9-17/h10-13,15,17H,3-9,14H2,1-2H3,(H,23,27). The summed E-state index contributed by atoms with van der Waals surface area (Å²) < 4.78 is 9.05. The molecule has 1 saturated carbocycles. The van der Waals surface area contributed by atoms with Crippen LogP contribution in [-0.4, -0.2) is 32.5 Å². The van der Waals surface area contributed by atoms with Crippen LogP contribution in [0.15, 0.2) is 33.9 Å². The first-order valence-corrected chi connectivity index (χ1v) is 12.1. The number of carbonyl (C=O) groups is 1. The Hall–Kier alpha value is -1.54. The zero-order valence-corrected chi connectivity index (χ0v) is 19.5. The summed E-state index contributed by atoms with van der Waals surface area (Å²) in [7, 11) is 0. The molecule has 3 rings (SSSR count). The summed E-state index contributed by atoms with van der Waals surface area (Å²) in [6.45, 7) is 4.74. The lowest BCUT2D eigenvalue weighted by molar-refractivity contribution is -0.119. The van der Waals surface area contributed by atoms with Gasteiger partial charge in [0.25, 0.3) is 0 Å². The van der Waals surface area contributed by atoms with E-state index < -0.39 is 0 Å². The predicted octanol–water partition coefficient (Wildman–Crippen LogP) is 5.13. The van der Waals surface area contributed by atoms with E-state index in [0.29, 0.717) is 11.8 Å². The van der Waals surface area contributed by atoms with Gasteiger partial charge in [-0.1, -0.05) is 53.4 Å². The Kier molecular flexibility index (Phi) is 8.41. The smallest absolute Gasteiger partial charge is 0.230 e. The van der Waals surface area contributed by atoms with Gasteiger partial charge in [0.05, 0.1) is 5.75 Å². The molecule has 29 heavy (non-hydrogen) atoms. The van der Waals surface area contributed by atoms with Crippen LogP contribution in [0.1, 0.15) is 64.3 Å². The van der Waals surface area contributed by atoms with Gasteiger partial charge in [-0.05, 0) is 51.0 Å². The fourth-order valence-corrected chi connectivity index (χ4v) is 4.68. The van der Waals surface area contributed by atoms with Gasteiger partial charge in [-0.2, -0.15) is 0 Å². The molecule has 8 heteroatoms. The van der Waals surface area contributed by atoms with Crippen molar-refractivity contribution in [3.05, 3.63) is 34.6 Å². The van der Waals surface area contributed by atoms with Gasteiger partial charge >= 0.3 is 0 Å². The molecule has 1 fully saturated rings. The van der Waals surface area contributed by atoms with Gasteiger partial charge in [0, 0.05) is 17.1 Å². The largest absolute Gasteiger partial charge is 0.483 e. The Morgan fingerprint density at radius 3 is 2.59 bits per heavy atom. The highest BCUT2D eigenvalue weighted by molar-refractivity contribution is 9.10. The topological polar surface area (TPSA) is 69.0 Å². The van der Waals surface area contributed by atoms with Crippen molar-refractivity contribution in [3.63, 3.8) is 0 Å². The number of carbonyl (C=O) groups excluding carboxylic acids is 1. The van der Waals surface area contributed by atoms with Crippen molar-refractivity contribution in [1.29, 1.82) is 0 Å². The van der Waals surface area contributed by atoms with E-state index in [9.17, 15) is 4.79 Å². The van der Waals surface area contributed by atoms with E-state index in [1.807, 2.05) is 35.8 Å². The van der Waals surface area contributed by atoms with Crippen LogP contribution >= 0.6 is 27.7 Å². The minimum absolute atomic E-state index is 0.0771. The molecule has 1 aliphatic rings. The van der Waals surface area contributed by atoms with Crippen LogP contribution in [0.2, 0.25) is 0 Å². The number of amides is 1. The molecule has 1 aromatic heterocycles. The average molecular weight is 481 g/mol. The number of ether oxygens (including phenoxy) is 1. The molecule has 2 aromatic rings. The Balaban J connectivity index is 1.56. The number of rotatable bonds is 8. The summed E-state index contributed by atoms with van der Waals surface area (Å²) in [5.74, 6) is 1.98. The molecule has 1 aliphatic carbocycles. The summed E-state index contributed by atoms with van der Waals surface area (Å²) >= 11 is 4.86. The molecule has 1 N–H and O–H groups in total. The first kappa shape index (κ1) is 22.2. The van der Waals surface area contributed by atoms with Crippen molar-refractivity contribution < 1.29 is 9.53 Å². The third kappa shape index (κ3) is 6.47. The van der Waals surface area contributed by atoms with Crippen LogP contribution in [0, 0.1) is 0 Å². The van der Waals surface area contributed by atoms with Crippen molar-refractivity contribution in [2.45, 2.75) is 76.2 Å². The second-order valence-electron chi connectivity index (χ2n) is 7.34. The molecule has 158 valence electrons. The second-order valence-corrected chi connectivity index (χ2v) is 9.20. The van der Waals surface area contributed by atoms with Crippen LogP contribution in [0.25, 0.3) is 0 Å². The van der Waals surface area contributed by atoms with Crippen molar-refractivity contribution in [1.82, 2.24) is 20.1 Å². The van der Waals surface area contributed by atoms with Gasteiger partial charge in [0.15, 0.2) is 17.1 Å². The lowest BCUT2D eigenvalue weighted by Crippen LogP contribution is -2.35. The molecular weight excluding hydrogens is 452 g/mol. The quantitative estimate of drug-likeness (QED) is 0.418. The lowest BCUT2D eigenvalue weighted by atomic mass is 10.1.